The Bertz CT molecular complexity index is 864. The SMILES string of the molecule is CC1(C)CCC[C@@]2(Cc3ccccc3)CO[C@@]3(c4cccc([O-])c4)OO[C@@]123. The van der Waals surface area contributed by atoms with E-state index >= 15 is 0 Å². The van der Waals surface area contributed by atoms with Gasteiger partial charge in [-0.05, 0) is 24.8 Å². The summed E-state index contributed by atoms with van der Waals surface area (Å²) in [5, 5.41) is 12.1. The lowest BCUT2D eigenvalue weighted by Gasteiger charge is -2.65. The van der Waals surface area contributed by atoms with E-state index in [2.05, 4.69) is 38.1 Å². The van der Waals surface area contributed by atoms with Gasteiger partial charge in [0.05, 0.1) is 6.61 Å². The highest BCUT2D eigenvalue weighted by atomic mass is 17.3. The van der Waals surface area contributed by atoms with Gasteiger partial charge in [0.15, 0.2) is 5.60 Å². The molecular weight excluding hydrogens is 340 g/mol. The van der Waals surface area contributed by atoms with Gasteiger partial charge in [0.1, 0.15) is 0 Å². The maximum atomic E-state index is 12.1. The number of rotatable bonds is 3. The lowest BCUT2D eigenvalue weighted by atomic mass is 9.48. The van der Waals surface area contributed by atoms with Crippen LogP contribution >= 0.6 is 0 Å². The van der Waals surface area contributed by atoms with E-state index in [1.54, 1.807) is 18.2 Å². The molecule has 2 aliphatic heterocycles. The van der Waals surface area contributed by atoms with Gasteiger partial charge in [-0.2, -0.15) is 4.89 Å². The largest absolute Gasteiger partial charge is 0.872 e. The smallest absolute Gasteiger partial charge is 0.261 e. The van der Waals surface area contributed by atoms with E-state index in [-0.39, 0.29) is 16.6 Å². The molecule has 4 heteroatoms. The first kappa shape index (κ1) is 17.2. The molecule has 0 aromatic heterocycles. The van der Waals surface area contributed by atoms with Crippen molar-refractivity contribution in [2.24, 2.45) is 10.8 Å². The van der Waals surface area contributed by atoms with Gasteiger partial charge in [-0.3, -0.25) is 0 Å². The quantitative estimate of drug-likeness (QED) is 0.769. The second-order valence-corrected chi connectivity index (χ2v) is 8.96. The normalized spacial score (nSPS) is 36.5. The first-order valence-electron chi connectivity index (χ1n) is 9.77. The van der Waals surface area contributed by atoms with Crippen LogP contribution in [0, 0.1) is 10.8 Å². The third kappa shape index (κ3) is 2.04. The Kier molecular flexibility index (Phi) is 3.55. The summed E-state index contributed by atoms with van der Waals surface area (Å²) in [6.45, 7) is 5.06. The molecule has 2 aromatic carbocycles. The zero-order valence-corrected chi connectivity index (χ0v) is 15.9. The maximum absolute atomic E-state index is 12.1. The fraction of sp³-hybridized carbons (Fsp3) is 0.478. The summed E-state index contributed by atoms with van der Waals surface area (Å²) in [6, 6.07) is 17.4. The summed E-state index contributed by atoms with van der Waals surface area (Å²) in [5.41, 5.74) is 1.10. The van der Waals surface area contributed by atoms with Gasteiger partial charge in [0, 0.05) is 16.4 Å². The Labute approximate surface area is 160 Å². The number of ether oxygens (including phenoxy) is 1. The van der Waals surface area contributed by atoms with Crippen molar-refractivity contribution in [2.75, 3.05) is 6.61 Å². The number of benzene rings is 2. The molecule has 3 fully saturated rings. The zero-order chi connectivity index (χ0) is 18.8. The van der Waals surface area contributed by atoms with Crippen LogP contribution in [0.15, 0.2) is 54.6 Å². The molecule has 0 bridgehead atoms. The average molecular weight is 365 g/mol. The molecule has 2 saturated heterocycles. The van der Waals surface area contributed by atoms with Crippen LogP contribution < -0.4 is 5.11 Å². The summed E-state index contributed by atoms with van der Waals surface area (Å²) >= 11 is 0. The second kappa shape index (κ2) is 5.57. The Morgan fingerprint density at radius 3 is 2.48 bits per heavy atom. The molecule has 142 valence electrons. The molecule has 4 nitrogen and oxygen atoms in total. The fourth-order valence-corrected chi connectivity index (χ4v) is 5.96. The highest BCUT2D eigenvalue weighted by Gasteiger charge is 2.84. The van der Waals surface area contributed by atoms with Gasteiger partial charge in [-0.1, -0.05) is 74.9 Å². The molecule has 0 amide bonds. The lowest BCUT2D eigenvalue weighted by Crippen LogP contribution is -2.76. The van der Waals surface area contributed by atoms with E-state index < -0.39 is 11.4 Å². The Balaban J connectivity index is 1.67. The van der Waals surface area contributed by atoms with Gasteiger partial charge in [0.25, 0.3) is 5.79 Å². The van der Waals surface area contributed by atoms with Crippen LogP contribution in [0.5, 0.6) is 5.75 Å². The first-order chi connectivity index (χ1) is 12.9. The fourth-order valence-electron chi connectivity index (χ4n) is 5.96. The van der Waals surface area contributed by atoms with Gasteiger partial charge in [-0.25, -0.2) is 4.89 Å². The van der Waals surface area contributed by atoms with Gasteiger partial charge in [0.2, 0.25) is 0 Å². The minimum Gasteiger partial charge on any atom is -0.872 e. The van der Waals surface area contributed by atoms with E-state index in [0.717, 1.165) is 31.2 Å². The van der Waals surface area contributed by atoms with Crippen LogP contribution in [0.3, 0.4) is 0 Å². The molecule has 3 aliphatic rings. The summed E-state index contributed by atoms with van der Waals surface area (Å²) < 4.78 is 6.44. The van der Waals surface area contributed by atoms with Crippen molar-refractivity contribution in [1.82, 2.24) is 0 Å². The van der Waals surface area contributed by atoms with E-state index in [9.17, 15) is 5.11 Å². The molecule has 0 unspecified atom stereocenters. The van der Waals surface area contributed by atoms with Crippen LogP contribution in [0.2, 0.25) is 0 Å². The lowest BCUT2D eigenvalue weighted by molar-refractivity contribution is -0.631. The topological polar surface area (TPSA) is 50.8 Å². The summed E-state index contributed by atoms with van der Waals surface area (Å²) in [6.07, 6.45) is 4.06. The molecule has 2 aromatic rings. The van der Waals surface area contributed by atoms with Crippen LogP contribution in [0.25, 0.3) is 0 Å². The molecule has 5 rings (SSSR count). The molecule has 3 atom stereocenters. The highest BCUT2D eigenvalue weighted by Crippen LogP contribution is 2.74. The van der Waals surface area contributed by atoms with Crippen molar-refractivity contribution in [1.29, 1.82) is 0 Å². The third-order valence-corrected chi connectivity index (χ3v) is 7.06. The van der Waals surface area contributed by atoms with E-state index in [1.165, 1.54) is 5.56 Å². The van der Waals surface area contributed by atoms with Crippen LogP contribution in [0.4, 0.5) is 0 Å². The first-order valence-corrected chi connectivity index (χ1v) is 9.77. The molecule has 27 heavy (non-hydrogen) atoms. The van der Waals surface area contributed by atoms with Crippen molar-refractivity contribution in [3.63, 3.8) is 0 Å². The molecule has 1 saturated carbocycles. The summed E-state index contributed by atoms with van der Waals surface area (Å²) in [4.78, 5) is 11.9. The summed E-state index contributed by atoms with van der Waals surface area (Å²) in [7, 11) is 0. The Hall–Kier alpha value is -1.88. The Morgan fingerprint density at radius 2 is 1.78 bits per heavy atom. The van der Waals surface area contributed by atoms with E-state index in [4.69, 9.17) is 14.5 Å². The van der Waals surface area contributed by atoms with E-state index in [0.29, 0.717) is 6.61 Å². The minimum atomic E-state index is -1.01. The third-order valence-electron chi connectivity index (χ3n) is 7.06. The molecule has 2 heterocycles. The molecule has 0 N–H and O–H groups in total. The number of hydrogen-bond acceptors (Lipinski definition) is 4. The average Bonchev–Trinajstić information content (AvgIpc) is 2.81. The molecule has 1 aliphatic carbocycles. The standard InChI is InChI=1S/C23H26O4/c1-20(2)12-7-13-21(15-17-8-4-3-5-9-17)16-25-22(23(20,21)27-26-22)18-10-6-11-19(24)14-18/h3-6,8-11,14,24H,7,12-13,15-16H2,1-2H3/p-1/t21-,22+,23+/m1/s1. The zero-order valence-electron chi connectivity index (χ0n) is 15.9. The molecular formula is C23H25O4-. The van der Waals surface area contributed by atoms with Gasteiger partial charge >= 0.3 is 0 Å². The van der Waals surface area contributed by atoms with E-state index in [1.807, 2.05) is 12.1 Å². The van der Waals surface area contributed by atoms with Crippen LogP contribution in [-0.4, -0.2) is 12.2 Å². The number of hydrogen-bond donors (Lipinski definition) is 0. The highest BCUT2D eigenvalue weighted by molar-refractivity contribution is 5.38. The second-order valence-electron chi connectivity index (χ2n) is 8.96. The maximum Gasteiger partial charge on any atom is 0.261 e. The summed E-state index contributed by atoms with van der Waals surface area (Å²) in [5.74, 6) is -1.04. The van der Waals surface area contributed by atoms with Gasteiger partial charge < -0.3 is 9.84 Å². The van der Waals surface area contributed by atoms with Crippen molar-refractivity contribution >= 4 is 0 Å². The van der Waals surface area contributed by atoms with Crippen molar-refractivity contribution < 1.29 is 19.6 Å². The predicted octanol–water partition coefficient (Wildman–Crippen LogP) is 4.08. The van der Waals surface area contributed by atoms with Crippen LogP contribution in [-0.2, 0) is 26.7 Å². The van der Waals surface area contributed by atoms with Crippen molar-refractivity contribution in [3.05, 3.63) is 65.7 Å². The van der Waals surface area contributed by atoms with Crippen molar-refractivity contribution in [3.8, 4) is 5.75 Å². The Morgan fingerprint density at radius 1 is 0.963 bits per heavy atom. The van der Waals surface area contributed by atoms with Crippen molar-refractivity contribution in [2.45, 2.75) is 50.9 Å². The minimum absolute atomic E-state index is 0.0368. The monoisotopic (exact) mass is 365 g/mol. The molecule has 0 radical (unpaired) electrons. The predicted molar refractivity (Wildman–Crippen MR) is 98.6 cm³/mol. The van der Waals surface area contributed by atoms with Crippen LogP contribution in [0.1, 0.15) is 44.2 Å². The van der Waals surface area contributed by atoms with Gasteiger partial charge in [-0.15, -0.1) is 5.75 Å². The molecule has 1 spiro atoms.